The molecule has 0 radical (unpaired) electrons. The minimum atomic E-state index is -5.23. The molecule has 12 heteroatoms. The van der Waals surface area contributed by atoms with Crippen LogP contribution >= 0.6 is 0 Å². The van der Waals surface area contributed by atoms with Crippen molar-refractivity contribution in [2.24, 2.45) is 0 Å². The molecule has 3 aromatic rings. The predicted octanol–water partition coefficient (Wildman–Crippen LogP) is 5.10. The van der Waals surface area contributed by atoms with E-state index in [-0.39, 0.29) is 28.3 Å². The van der Waals surface area contributed by atoms with Crippen LogP contribution in [0.1, 0.15) is 22.4 Å². The number of benzene rings is 2. The van der Waals surface area contributed by atoms with Gasteiger partial charge in [0.05, 0.1) is 11.1 Å². The highest BCUT2D eigenvalue weighted by Crippen LogP contribution is 2.40. The third kappa shape index (κ3) is 4.51. The summed E-state index contributed by atoms with van der Waals surface area (Å²) in [6, 6.07) is 6.46. The minimum absolute atomic E-state index is 0.0238. The number of rotatable bonds is 4. The zero-order valence-corrected chi connectivity index (χ0v) is 14.6. The van der Waals surface area contributed by atoms with Gasteiger partial charge < -0.3 is 4.74 Å². The van der Waals surface area contributed by atoms with E-state index in [0.29, 0.717) is 12.1 Å². The first-order valence-corrected chi connectivity index (χ1v) is 8.01. The average Bonchev–Trinajstić information content (AvgIpc) is 3.13. The van der Waals surface area contributed by atoms with Crippen LogP contribution in [0.5, 0.6) is 5.75 Å². The van der Waals surface area contributed by atoms with E-state index in [1.54, 1.807) is 6.07 Å². The molecule has 5 nitrogen and oxygen atoms in total. The number of nitriles is 1. The maximum atomic E-state index is 13.9. The summed E-state index contributed by atoms with van der Waals surface area (Å²) in [6.07, 6.45) is -10.4. The van der Waals surface area contributed by atoms with Crippen molar-refractivity contribution in [3.8, 4) is 23.1 Å². The highest BCUT2D eigenvalue weighted by molar-refractivity contribution is 5.65. The molecule has 0 spiro atoms. The molecule has 3 rings (SSSR count). The first-order valence-electron chi connectivity index (χ1n) is 8.01. The Morgan fingerprint density at radius 2 is 1.67 bits per heavy atom. The van der Waals surface area contributed by atoms with Crippen molar-refractivity contribution in [1.29, 1.82) is 5.26 Å². The number of aromatic amines is 1. The van der Waals surface area contributed by atoms with Gasteiger partial charge in [0.25, 0.3) is 0 Å². The van der Waals surface area contributed by atoms with Crippen LogP contribution in [-0.4, -0.2) is 15.4 Å². The van der Waals surface area contributed by atoms with Gasteiger partial charge in [-0.1, -0.05) is 11.3 Å². The van der Waals surface area contributed by atoms with Gasteiger partial charge in [-0.3, -0.25) is 0 Å². The van der Waals surface area contributed by atoms with E-state index in [4.69, 9.17) is 10.00 Å². The molecule has 0 aliphatic heterocycles. The number of nitrogens with zero attached hydrogens (tertiary/aromatic N) is 3. The topological polar surface area (TPSA) is 74.6 Å². The van der Waals surface area contributed by atoms with Gasteiger partial charge in [-0.2, -0.15) is 31.6 Å². The number of hydrogen-bond acceptors (Lipinski definition) is 4. The highest BCUT2D eigenvalue weighted by Gasteiger charge is 2.43. The molecule has 0 atom stereocenters. The summed E-state index contributed by atoms with van der Waals surface area (Å²) in [7, 11) is 0. The Bertz CT molecular complexity index is 1110. The van der Waals surface area contributed by atoms with Crippen molar-refractivity contribution in [3.05, 3.63) is 64.6 Å². The molecule has 0 unspecified atom stereocenters. The van der Waals surface area contributed by atoms with Crippen molar-refractivity contribution in [2.75, 3.05) is 0 Å². The number of nitrogens with one attached hydrogen (secondary N) is 1. The Hall–Kier alpha value is -3.62. The third-order valence-corrected chi connectivity index (χ3v) is 3.91. The molecular weight excluding hydrogens is 421 g/mol. The number of hydrogen-bond donors (Lipinski definition) is 1. The number of aromatic nitrogens is 3. The molecule has 156 valence electrons. The van der Waals surface area contributed by atoms with Crippen LogP contribution in [0.2, 0.25) is 0 Å². The summed E-state index contributed by atoms with van der Waals surface area (Å²) in [6.45, 7) is -0.561. The largest absolute Gasteiger partial charge is 0.489 e. The zero-order valence-electron chi connectivity index (χ0n) is 14.6. The van der Waals surface area contributed by atoms with Crippen LogP contribution in [-0.2, 0) is 19.0 Å². The van der Waals surface area contributed by atoms with Crippen molar-refractivity contribution in [2.45, 2.75) is 19.0 Å². The Morgan fingerprint density at radius 1 is 0.967 bits per heavy atom. The summed E-state index contributed by atoms with van der Waals surface area (Å²) in [5.74, 6) is -0.928. The van der Waals surface area contributed by atoms with Gasteiger partial charge in [-0.25, -0.2) is 9.49 Å². The fourth-order valence-corrected chi connectivity index (χ4v) is 2.62. The number of H-pyrrole nitrogens is 1. The average molecular weight is 430 g/mol. The summed E-state index contributed by atoms with van der Waals surface area (Å²) in [5.41, 5.74) is -3.79. The van der Waals surface area contributed by atoms with Crippen LogP contribution in [0.25, 0.3) is 11.3 Å². The van der Waals surface area contributed by atoms with Crippen molar-refractivity contribution in [3.63, 3.8) is 0 Å². The van der Waals surface area contributed by atoms with Crippen LogP contribution in [0.15, 0.2) is 36.4 Å². The SMILES string of the molecule is N#Cc1[nH]nnc1-c1cc(F)cc(OCc2ccc(C(F)(F)F)c(C(F)(F)F)c2)c1. The van der Waals surface area contributed by atoms with E-state index in [2.05, 4.69) is 15.4 Å². The van der Waals surface area contributed by atoms with Gasteiger partial charge in [0, 0.05) is 11.6 Å². The van der Waals surface area contributed by atoms with E-state index in [0.717, 1.165) is 18.2 Å². The van der Waals surface area contributed by atoms with Crippen LogP contribution in [0.4, 0.5) is 30.7 Å². The first-order chi connectivity index (χ1) is 14.0. The standard InChI is InChI=1S/C18H9F7N4O/c19-11-4-10(16-15(7-26)27-29-28-16)5-12(6-11)30-8-9-1-2-13(17(20,21)22)14(3-9)18(23,24)25/h1-6H,8H2,(H,27,28,29). The molecular formula is C18H9F7N4O. The fourth-order valence-electron chi connectivity index (χ4n) is 2.62. The highest BCUT2D eigenvalue weighted by atomic mass is 19.4. The summed E-state index contributed by atoms with van der Waals surface area (Å²) in [4.78, 5) is 0. The lowest BCUT2D eigenvalue weighted by molar-refractivity contribution is -0.162. The number of alkyl halides is 6. The molecule has 2 aromatic carbocycles. The number of halogens is 7. The molecule has 0 fully saturated rings. The van der Waals surface area contributed by atoms with Gasteiger partial charge in [0.15, 0.2) is 5.69 Å². The normalized spacial score (nSPS) is 11.9. The first kappa shape index (κ1) is 21.1. The third-order valence-electron chi connectivity index (χ3n) is 3.91. The Morgan fingerprint density at radius 3 is 2.30 bits per heavy atom. The second-order valence-electron chi connectivity index (χ2n) is 5.99. The Labute approximate surface area is 163 Å². The number of ether oxygens (including phenoxy) is 1. The second-order valence-corrected chi connectivity index (χ2v) is 5.99. The van der Waals surface area contributed by atoms with E-state index >= 15 is 0 Å². The molecule has 1 aromatic heterocycles. The lowest BCUT2D eigenvalue weighted by atomic mass is 10.0. The Kier molecular flexibility index (Phi) is 5.39. The fraction of sp³-hybridized carbons (Fsp3) is 0.167. The van der Waals surface area contributed by atoms with E-state index in [9.17, 15) is 30.7 Å². The van der Waals surface area contributed by atoms with E-state index in [1.165, 1.54) is 6.07 Å². The molecule has 1 heterocycles. The lowest BCUT2D eigenvalue weighted by Gasteiger charge is -2.17. The van der Waals surface area contributed by atoms with Gasteiger partial charge in [0.1, 0.15) is 29.9 Å². The molecule has 0 aliphatic rings. The van der Waals surface area contributed by atoms with Crippen LogP contribution in [0, 0.1) is 17.1 Å². The lowest BCUT2D eigenvalue weighted by Crippen LogP contribution is -2.17. The maximum Gasteiger partial charge on any atom is 0.417 e. The summed E-state index contributed by atoms with van der Waals surface area (Å²) >= 11 is 0. The van der Waals surface area contributed by atoms with Crippen LogP contribution < -0.4 is 4.74 Å². The van der Waals surface area contributed by atoms with Gasteiger partial charge in [-0.05, 0) is 29.8 Å². The van der Waals surface area contributed by atoms with Crippen molar-refractivity contribution < 1.29 is 35.5 Å². The van der Waals surface area contributed by atoms with E-state index < -0.39 is 35.9 Å². The van der Waals surface area contributed by atoms with Crippen molar-refractivity contribution in [1.82, 2.24) is 15.4 Å². The molecule has 0 amide bonds. The Balaban J connectivity index is 1.88. The molecule has 30 heavy (non-hydrogen) atoms. The van der Waals surface area contributed by atoms with Crippen LogP contribution in [0.3, 0.4) is 0 Å². The van der Waals surface area contributed by atoms with Crippen molar-refractivity contribution >= 4 is 0 Å². The zero-order chi connectivity index (χ0) is 22.1. The van der Waals surface area contributed by atoms with Gasteiger partial charge in [0.2, 0.25) is 0 Å². The quantitative estimate of drug-likeness (QED) is 0.585. The molecule has 0 saturated carbocycles. The predicted molar refractivity (Wildman–Crippen MR) is 87.3 cm³/mol. The monoisotopic (exact) mass is 430 g/mol. The molecule has 1 N–H and O–H groups in total. The smallest absolute Gasteiger partial charge is 0.417 e. The second kappa shape index (κ2) is 7.66. The molecule has 0 aliphatic carbocycles. The minimum Gasteiger partial charge on any atom is -0.489 e. The summed E-state index contributed by atoms with van der Waals surface area (Å²) in [5, 5.41) is 18.3. The summed E-state index contributed by atoms with van der Waals surface area (Å²) < 4.78 is 96.7. The molecule has 0 saturated heterocycles. The van der Waals surface area contributed by atoms with Gasteiger partial charge in [-0.15, -0.1) is 5.10 Å². The van der Waals surface area contributed by atoms with E-state index in [1.807, 2.05) is 0 Å². The maximum absolute atomic E-state index is 13.9. The molecule has 0 bridgehead atoms. The van der Waals surface area contributed by atoms with Gasteiger partial charge >= 0.3 is 12.4 Å².